The molecular weight excluding hydrogens is 484 g/mol. The van der Waals surface area contributed by atoms with E-state index in [0.29, 0.717) is 10.3 Å². The van der Waals surface area contributed by atoms with Crippen molar-refractivity contribution in [3.63, 3.8) is 0 Å². The SMILES string of the molecule is COC(=O)[C@H](C)N1C(=O)S/C(=C/c2cc(C)n(-c3ccc(C45CC6CC(CC(C6)C4)C5)cc3)c2C)C1=O. The fourth-order valence-electron chi connectivity index (χ4n) is 7.99. The van der Waals surface area contributed by atoms with E-state index in [4.69, 9.17) is 4.74 Å². The maximum absolute atomic E-state index is 13.0. The zero-order valence-corrected chi connectivity index (χ0v) is 22.8. The highest BCUT2D eigenvalue weighted by Crippen LogP contribution is 2.60. The van der Waals surface area contributed by atoms with Crippen LogP contribution in [0, 0.1) is 31.6 Å². The number of benzene rings is 1. The van der Waals surface area contributed by atoms with Crippen LogP contribution in [0.2, 0.25) is 0 Å². The van der Waals surface area contributed by atoms with Crippen LogP contribution in [0.4, 0.5) is 4.79 Å². The molecule has 1 aliphatic heterocycles. The van der Waals surface area contributed by atoms with E-state index in [2.05, 4.69) is 35.8 Å². The molecule has 4 saturated carbocycles. The van der Waals surface area contributed by atoms with Crippen LogP contribution in [0.1, 0.15) is 68.0 Å². The van der Waals surface area contributed by atoms with Crippen molar-refractivity contribution >= 4 is 35.0 Å². The minimum Gasteiger partial charge on any atom is -0.467 e. The molecule has 4 aliphatic carbocycles. The summed E-state index contributed by atoms with van der Waals surface area (Å²) in [6, 6.07) is 10.3. The second kappa shape index (κ2) is 8.90. The van der Waals surface area contributed by atoms with E-state index in [-0.39, 0.29) is 0 Å². The number of hydrogen-bond donors (Lipinski definition) is 0. The molecule has 7 rings (SSSR count). The van der Waals surface area contributed by atoms with Gasteiger partial charge in [0.05, 0.1) is 12.0 Å². The van der Waals surface area contributed by atoms with Crippen molar-refractivity contribution in [1.82, 2.24) is 9.47 Å². The minimum absolute atomic E-state index is 0.318. The smallest absolute Gasteiger partial charge is 0.328 e. The van der Waals surface area contributed by atoms with E-state index in [1.54, 1.807) is 6.08 Å². The lowest BCUT2D eigenvalue weighted by Gasteiger charge is -2.57. The number of amides is 2. The molecule has 0 spiro atoms. The summed E-state index contributed by atoms with van der Waals surface area (Å²) in [5, 5.41) is -0.455. The van der Waals surface area contributed by atoms with E-state index in [1.165, 1.54) is 58.1 Å². The highest BCUT2D eigenvalue weighted by atomic mass is 32.2. The lowest BCUT2D eigenvalue weighted by molar-refractivity contribution is -0.148. The van der Waals surface area contributed by atoms with E-state index in [9.17, 15) is 14.4 Å². The summed E-state index contributed by atoms with van der Waals surface area (Å²) in [6.45, 7) is 5.60. The van der Waals surface area contributed by atoms with E-state index < -0.39 is 23.2 Å². The Balaban J connectivity index is 1.26. The molecule has 1 aromatic heterocycles. The number of methoxy groups -OCH3 is 1. The molecule has 6 nitrogen and oxygen atoms in total. The number of nitrogens with zero attached hydrogens (tertiary/aromatic N) is 2. The molecule has 5 fully saturated rings. The first kappa shape index (κ1) is 24.5. The highest BCUT2D eigenvalue weighted by molar-refractivity contribution is 8.18. The lowest BCUT2D eigenvalue weighted by Crippen LogP contribution is -2.48. The number of rotatable bonds is 5. The molecule has 194 valence electrons. The van der Waals surface area contributed by atoms with Crippen LogP contribution >= 0.6 is 11.8 Å². The van der Waals surface area contributed by atoms with Crippen molar-refractivity contribution in [3.8, 4) is 5.69 Å². The molecule has 1 atom stereocenters. The van der Waals surface area contributed by atoms with Gasteiger partial charge in [-0.3, -0.25) is 14.5 Å². The van der Waals surface area contributed by atoms with E-state index in [0.717, 1.165) is 57.1 Å². The number of hydrogen-bond acceptors (Lipinski definition) is 5. The summed E-state index contributed by atoms with van der Waals surface area (Å²) in [5.41, 5.74) is 5.95. The van der Waals surface area contributed by atoms with Crippen molar-refractivity contribution in [3.05, 3.63) is 57.8 Å². The van der Waals surface area contributed by atoms with Crippen molar-refractivity contribution in [1.29, 1.82) is 0 Å². The summed E-state index contributed by atoms with van der Waals surface area (Å²) in [4.78, 5) is 38.7. The molecule has 2 amide bonds. The zero-order valence-electron chi connectivity index (χ0n) is 22.0. The first-order chi connectivity index (χ1) is 17.7. The predicted molar refractivity (Wildman–Crippen MR) is 144 cm³/mol. The molecule has 2 aromatic rings. The fourth-order valence-corrected chi connectivity index (χ4v) is 8.89. The van der Waals surface area contributed by atoms with E-state index >= 15 is 0 Å². The second-order valence-corrected chi connectivity index (χ2v) is 12.7. The quantitative estimate of drug-likeness (QED) is 0.350. The Morgan fingerprint density at radius 1 is 1.05 bits per heavy atom. The minimum atomic E-state index is -0.955. The van der Waals surface area contributed by atoms with Crippen LogP contribution in [0.5, 0.6) is 0 Å². The fraction of sp³-hybridized carbons (Fsp3) is 0.500. The molecule has 1 aromatic carbocycles. The van der Waals surface area contributed by atoms with E-state index in [1.807, 2.05) is 13.0 Å². The maximum atomic E-state index is 13.0. The third-order valence-electron chi connectivity index (χ3n) is 9.29. The Hall–Kier alpha value is -2.80. The van der Waals surface area contributed by atoms with Gasteiger partial charge in [-0.05, 0) is 130 Å². The second-order valence-electron chi connectivity index (χ2n) is 11.7. The third kappa shape index (κ3) is 3.97. The molecule has 0 radical (unpaired) electrons. The summed E-state index contributed by atoms with van der Waals surface area (Å²) in [6.07, 6.45) is 10.2. The van der Waals surface area contributed by atoms with Crippen LogP contribution in [0.25, 0.3) is 11.8 Å². The predicted octanol–water partition coefficient (Wildman–Crippen LogP) is 6.16. The monoisotopic (exact) mass is 518 g/mol. The van der Waals surface area contributed by atoms with Gasteiger partial charge in [0.1, 0.15) is 6.04 Å². The summed E-state index contributed by atoms with van der Waals surface area (Å²) in [5.74, 6) is 1.69. The summed E-state index contributed by atoms with van der Waals surface area (Å²) < 4.78 is 6.93. The Labute approximate surface area is 222 Å². The Morgan fingerprint density at radius 2 is 1.65 bits per heavy atom. The van der Waals surface area contributed by atoms with Crippen LogP contribution in [0.15, 0.2) is 35.2 Å². The van der Waals surface area contributed by atoms with Gasteiger partial charge in [-0.2, -0.15) is 0 Å². The molecule has 2 heterocycles. The topological polar surface area (TPSA) is 68.6 Å². The Bertz CT molecular complexity index is 1290. The van der Waals surface area contributed by atoms with Gasteiger partial charge in [0, 0.05) is 17.1 Å². The van der Waals surface area contributed by atoms with Gasteiger partial charge in [-0.1, -0.05) is 12.1 Å². The van der Waals surface area contributed by atoms with Gasteiger partial charge >= 0.3 is 5.97 Å². The van der Waals surface area contributed by atoms with Crippen LogP contribution in [-0.2, 0) is 19.7 Å². The molecule has 5 aliphatic rings. The number of ether oxygens (including phenoxy) is 1. The molecule has 7 heteroatoms. The highest BCUT2D eigenvalue weighted by Gasteiger charge is 2.51. The summed E-state index contributed by atoms with van der Waals surface area (Å²) >= 11 is 0.863. The molecule has 0 N–H and O–H groups in total. The number of aromatic nitrogens is 1. The number of aryl methyl sites for hydroxylation is 1. The molecule has 1 saturated heterocycles. The number of carbonyl (C=O) groups is 3. The Kier molecular flexibility index (Phi) is 5.90. The number of imide groups is 1. The van der Waals surface area contributed by atoms with Gasteiger partial charge in [-0.25, -0.2) is 4.79 Å². The number of esters is 1. The largest absolute Gasteiger partial charge is 0.467 e. The maximum Gasteiger partial charge on any atom is 0.328 e. The van der Waals surface area contributed by atoms with Crippen LogP contribution in [0.3, 0.4) is 0 Å². The molecule has 4 bridgehead atoms. The average molecular weight is 519 g/mol. The molecular formula is C30H34N2O4S. The summed E-state index contributed by atoms with van der Waals surface area (Å²) in [7, 11) is 1.25. The average Bonchev–Trinajstić information content (AvgIpc) is 3.30. The Morgan fingerprint density at radius 3 is 2.22 bits per heavy atom. The number of thioether (sulfide) groups is 1. The normalized spacial score (nSPS) is 30.4. The van der Waals surface area contributed by atoms with Crippen LogP contribution < -0.4 is 0 Å². The molecule has 37 heavy (non-hydrogen) atoms. The van der Waals surface area contributed by atoms with Gasteiger partial charge in [-0.15, -0.1) is 0 Å². The van der Waals surface area contributed by atoms with Crippen LogP contribution in [-0.4, -0.2) is 39.7 Å². The first-order valence-electron chi connectivity index (χ1n) is 13.3. The lowest BCUT2D eigenvalue weighted by atomic mass is 9.48. The third-order valence-corrected chi connectivity index (χ3v) is 10.2. The van der Waals surface area contributed by atoms with Gasteiger partial charge in [0.25, 0.3) is 11.1 Å². The van der Waals surface area contributed by atoms with Gasteiger partial charge in [0.2, 0.25) is 0 Å². The number of carbonyl (C=O) groups excluding carboxylic acids is 3. The van der Waals surface area contributed by atoms with Gasteiger partial charge < -0.3 is 9.30 Å². The van der Waals surface area contributed by atoms with Crippen molar-refractivity contribution in [2.45, 2.75) is 70.8 Å². The standard InChI is InChI=1S/C30H34N2O4S/c1-17-9-23(13-26-27(33)32(29(35)37-26)19(3)28(34)36-4)18(2)31(17)25-7-5-24(6-8-25)30-14-20-10-21(15-30)12-22(11-20)16-30/h5-9,13,19-22H,10-12,14-16H2,1-4H3/b26-13+/t19-,20?,21?,22?,30?/m0/s1. The first-order valence-corrected chi connectivity index (χ1v) is 14.2. The van der Waals surface area contributed by atoms with Crippen molar-refractivity contribution < 1.29 is 19.1 Å². The van der Waals surface area contributed by atoms with Gasteiger partial charge in [0.15, 0.2) is 0 Å². The zero-order chi connectivity index (χ0) is 26.1. The van der Waals surface area contributed by atoms with Crippen molar-refractivity contribution in [2.75, 3.05) is 7.11 Å². The molecule has 0 unspecified atom stereocenters. The van der Waals surface area contributed by atoms with Crippen molar-refractivity contribution in [2.24, 2.45) is 17.8 Å².